The van der Waals surface area contributed by atoms with Gasteiger partial charge in [0.05, 0.1) is 5.02 Å². The van der Waals surface area contributed by atoms with Crippen LogP contribution in [-0.2, 0) is 11.2 Å². The number of nitrogens with zero attached hydrogens (tertiary/aromatic N) is 2. The smallest absolute Gasteiger partial charge is 0.227 e. The van der Waals surface area contributed by atoms with Crippen molar-refractivity contribution in [3.05, 3.63) is 63.9 Å². The highest BCUT2D eigenvalue weighted by molar-refractivity contribution is 9.10. The number of nitrogens with one attached hydrogen (secondary N) is 1. The van der Waals surface area contributed by atoms with Crippen LogP contribution in [0.3, 0.4) is 0 Å². The second-order valence-electron chi connectivity index (χ2n) is 5.05. The maximum absolute atomic E-state index is 12.0. The molecule has 0 bridgehead atoms. The average molecular weight is 407 g/mol. The first-order chi connectivity index (χ1) is 11.6. The van der Waals surface area contributed by atoms with Gasteiger partial charge in [-0.15, -0.1) is 0 Å². The minimum Gasteiger partial charge on any atom is -0.339 e. The first-order valence-electron chi connectivity index (χ1n) is 7.25. The Morgan fingerprint density at radius 3 is 2.67 bits per heavy atom. The van der Waals surface area contributed by atoms with Crippen molar-refractivity contribution in [3.63, 3.8) is 0 Å². The Morgan fingerprint density at radius 1 is 1.17 bits per heavy atom. The third-order valence-corrected chi connectivity index (χ3v) is 4.14. The van der Waals surface area contributed by atoms with Crippen LogP contribution in [-0.4, -0.2) is 16.0 Å². The maximum Gasteiger partial charge on any atom is 0.227 e. The highest BCUT2D eigenvalue weighted by atomic mass is 79.9. The zero-order valence-electron chi connectivity index (χ0n) is 12.5. The molecule has 1 heterocycles. The molecule has 0 aliphatic carbocycles. The van der Waals surface area contributed by atoms with Gasteiger partial charge in [0.2, 0.25) is 17.6 Å². The van der Waals surface area contributed by atoms with Gasteiger partial charge in [0, 0.05) is 28.6 Å². The second-order valence-corrected chi connectivity index (χ2v) is 6.37. The second kappa shape index (κ2) is 7.59. The fourth-order valence-electron chi connectivity index (χ4n) is 2.09. The lowest BCUT2D eigenvalue weighted by atomic mass is 10.2. The van der Waals surface area contributed by atoms with E-state index in [2.05, 4.69) is 31.4 Å². The van der Waals surface area contributed by atoms with Crippen molar-refractivity contribution in [2.45, 2.75) is 12.8 Å². The number of anilines is 1. The summed E-state index contributed by atoms with van der Waals surface area (Å²) in [6.07, 6.45) is 0.611. The Labute approximate surface area is 152 Å². The molecule has 0 unspecified atom stereocenters. The summed E-state index contributed by atoms with van der Waals surface area (Å²) < 4.78 is 6.14. The molecule has 0 atom stereocenters. The SMILES string of the molecule is O=C(CCc1nc(-c2ccccc2Cl)no1)Nc1ccc(Br)cc1. The van der Waals surface area contributed by atoms with Crippen LogP contribution in [0.2, 0.25) is 5.02 Å². The molecular formula is C17H13BrClN3O2. The van der Waals surface area contributed by atoms with Crippen LogP contribution in [0.25, 0.3) is 11.4 Å². The van der Waals surface area contributed by atoms with E-state index in [4.69, 9.17) is 16.1 Å². The van der Waals surface area contributed by atoms with E-state index >= 15 is 0 Å². The number of halogens is 2. The van der Waals surface area contributed by atoms with Crippen molar-refractivity contribution in [2.24, 2.45) is 0 Å². The van der Waals surface area contributed by atoms with E-state index in [1.54, 1.807) is 6.07 Å². The lowest BCUT2D eigenvalue weighted by Crippen LogP contribution is -2.12. The molecule has 1 amide bonds. The quantitative estimate of drug-likeness (QED) is 0.665. The van der Waals surface area contributed by atoms with Gasteiger partial charge in [-0.2, -0.15) is 4.98 Å². The molecule has 0 saturated carbocycles. The molecule has 7 heteroatoms. The minimum absolute atomic E-state index is 0.116. The third-order valence-electron chi connectivity index (χ3n) is 3.28. The van der Waals surface area contributed by atoms with Crippen LogP contribution in [0.1, 0.15) is 12.3 Å². The molecule has 24 heavy (non-hydrogen) atoms. The van der Waals surface area contributed by atoms with Crippen LogP contribution in [0, 0.1) is 0 Å². The van der Waals surface area contributed by atoms with Crippen molar-refractivity contribution in [1.29, 1.82) is 0 Å². The van der Waals surface area contributed by atoms with Gasteiger partial charge in [-0.05, 0) is 36.4 Å². The summed E-state index contributed by atoms with van der Waals surface area (Å²) >= 11 is 9.46. The van der Waals surface area contributed by atoms with E-state index in [0.29, 0.717) is 28.7 Å². The van der Waals surface area contributed by atoms with Gasteiger partial charge in [-0.25, -0.2) is 0 Å². The van der Waals surface area contributed by atoms with Gasteiger partial charge < -0.3 is 9.84 Å². The number of benzene rings is 2. The van der Waals surface area contributed by atoms with Crippen molar-refractivity contribution in [3.8, 4) is 11.4 Å². The third kappa shape index (κ3) is 4.21. The molecule has 3 rings (SSSR count). The minimum atomic E-state index is -0.116. The van der Waals surface area contributed by atoms with Crippen LogP contribution in [0.15, 0.2) is 57.5 Å². The van der Waals surface area contributed by atoms with E-state index in [1.165, 1.54) is 0 Å². The van der Waals surface area contributed by atoms with Crippen LogP contribution < -0.4 is 5.32 Å². The van der Waals surface area contributed by atoms with Crippen molar-refractivity contribution >= 4 is 39.1 Å². The van der Waals surface area contributed by atoms with Gasteiger partial charge in [-0.1, -0.05) is 44.8 Å². The number of hydrogen-bond donors (Lipinski definition) is 1. The molecule has 0 radical (unpaired) electrons. The van der Waals surface area contributed by atoms with Gasteiger partial charge >= 0.3 is 0 Å². The average Bonchev–Trinajstić information content (AvgIpc) is 3.04. The molecular weight excluding hydrogens is 394 g/mol. The molecule has 0 fully saturated rings. The summed E-state index contributed by atoms with van der Waals surface area (Å²) in [5, 5.41) is 7.28. The molecule has 1 aromatic heterocycles. The molecule has 122 valence electrons. The van der Waals surface area contributed by atoms with Gasteiger partial charge in [0.1, 0.15) is 0 Å². The molecule has 0 aliphatic heterocycles. The Morgan fingerprint density at radius 2 is 1.92 bits per heavy atom. The lowest BCUT2D eigenvalue weighted by Gasteiger charge is -2.03. The molecule has 5 nitrogen and oxygen atoms in total. The summed E-state index contributed by atoms with van der Waals surface area (Å²) in [5.41, 5.74) is 1.44. The largest absolute Gasteiger partial charge is 0.339 e. The van der Waals surface area contributed by atoms with Crippen molar-refractivity contribution < 1.29 is 9.32 Å². The fourth-order valence-corrected chi connectivity index (χ4v) is 2.57. The van der Waals surface area contributed by atoms with Crippen molar-refractivity contribution in [1.82, 2.24) is 10.1 Å². The van der Waals surface area contributed by atoms with Crippen LogP contribution in [0.4, 0.5) is 5.69 Å². The maximum atomic E-state index is 12.0. The molecule has 1 N–H and O–H groups in total. The Hall–Kier alpha value is -2.18. The fraction of sp³-hybridized carbons (Fsp3) is 0.118. The van der Waals surface area contributed by atoms with E-state index < -0.39 is 0 Å². The number of amides is 1. The summed E-state index contributed by atoms with van der Waals surface area (Å²) in [5.74, 6) is 0.703. The number of hydrogen-bond acceptors (Lipinski definition) is 4. The number of aromatic nitrogens is 2. The molecule has 0 saturated heterocycles. The van der Waals surface area contributed by atoms with Crippen LogP contribution in [0.5, 0.6) is 0 Å². The first-order valence-corrected chi connectivity index (χ1v) is 8.42. The lowest BCUT2D eigenvalue weighted by molar-refractivity contribution is -0.116. The number of carbonyl (C=O) groups is 1. The van der Waals surface area contributed by atoms with E-state index in [9.17, 15) is 4.79 Å². The molecule has 0 spiro atoms. The molecule has 2 aromatic carbocycles. The Bertz CT molecular complexity index is 849. The summed E-state index contributed by atoms with van der Waals surface area (Å²) in [6, 6.07) is 14.6. The number of aryl methyl sites for hydroxylation is 1. The topological polar surface area (TPSA) is 68.0 Å². The van der Waals surface area contributed by atoms with E-state index in [-0.39, 0.29) is 12.3 Å². The highest BCUT2D eigenvalue weighted by Crippen LogP contribution is 2.25. The van der Waals surface area contributed by atoms with Crippen molar-refractivity contribution in [2.75, 3.05) is 5.32 Å². The summed E-state index contributed by atoms with van der Waals surface area (Å²) in [4.78, 5) is 16.3. The zero-order chi connectivity index (χ0) is 16.9. The highest BCUT2D eigenvalue weighted by Gasteiger charge is 2.12. The van der Waals surface area contributed by atoms with E-state index in [1.807, 2.05) is 42.5 Å². The molecule has 3 aromatic rings. The van der Waals surface area contributed by atoms with Gasteiger partial charge in [-0.3, -0.25) is 4.79 Å². The standard InChI is InChI=1S/C17H13BrClN3O2/c18-11-5-7-12(8-6-11)20-15(23)9-10-16-21-17(22-24-16)13-3-1-2-4-14(13)19/h1-8H,9-10H2,(H,20,23). The van der Waals surface area contributed by atoms with Crippen LogP contribution >= 0.6 is 27.5 Å². The summed E-state index contributed by atoms with van der Waals surface area (Å²) in [7, 11) is 0. The summed E-state index contributed by atoms with van der Waals surface area (Å²) in [6.45, 7) is 0. The van der Waals surface area contributed by atoms with Gasteiger partial charge in [0.15, 0.2) is 0 Å². The predicted octanol–water partition coefficient (Wildman–Crippen LogP) is 4.72. The first kappa shape index (κ1) is 16.7. The monoisotopic (exact) mass is 405 g/mol. The normalized spacial score (nSPS) is 10.6. The van der Waals surface area contributed by atoms with E-state index in [0.717, 1.165) is 10.2 Å². The number of rotatable bonds is 5. The number of carbonyl (C=O) groups excluding carboxylic acids is 1. The van der Waals surface area contributed by atoms with Gasteiger partial charge in [0.25, 0.3) is 0 Å². The Balaban J connectivity index is 1.58. The predicted molar refractivity (Wildman–Crippen MR) is 95.8 cm³/mol. The molecule has 0 aliphatic rings. The Kier molecular flexibility index (Phi) is 5.27. The zero-order valence-corrected chi connectivity index (χ0v) is 14.8.